The summed E-state index contributed by atoms with van der Waals surface area (Å²) >= 11 is 0. The Hall–Kier alpha value is -2.21. The van der Waals surface area contributed by atoms with Gasteiger partial charge in [0.2, 0.25) is 0 Å². The minimum atomic E-state index is -0.569. The van der Waals surface area contributed by atoms with E-state index in [0.717, 1.165) is 17.2 Å². The van der Waals surface area contributed by atoms with Crippen LogP contribution in [0, 0.1) is 17.0 Å². The number of quaternary nitrogens is 1. The predicted octanol–water partition coefficient (Wildman–Crippen LogP) is 6.83. The molecule has 0 saturated carbocycles. The van der Waals surface area contributed by atoms with Crippen LogP contribution in [0.15, 0.2) is 36.5 Å². The van der Waals surface area contributed by atoms with E-state index in [-0.39, 0.29) is 5.82 Å². The van der Waals surface area contributed by atoms with E-state index in [4.69, 9.17) is 0 Å². The quantitative estimate of drug-likeness (QED) is 0.131. The molecule has 6 nitrogen and oxygen atoms in total. The number of unbranched alkanes of at least 4 members (excludes halogenated alkanes) is 10. The second-order valence-electron chi connectivity index (χ2n) is 9.37. The van der Waals surface area contributed by atoms with Crippen LogP contribution >= 0.6 is 0 Å². The number of hydrogen-bond acceptors (Lipinski definition) is 3. The van der Waals surface area contributed by atoms with Crippen molar-refractivity contribution < 1.29 is 9.41 Å². The van der Waals surface area contributed by atoms with Crippen LogP contribution in [-0.2, 0) is 6.54 Å². The zero-order valence-corrected chi connectivity index (χ0v) is 20.8. The number of imidazole rings is 1. The van der Waals surface area contributed by atoms with Gasteiger partial charge in [-0.3, -0.25) is 0 Å². The number of nitro groups is 1. The first kappa shape index (κ1) is 27.8. The van der Waals surface area contributed by atoms with Gasteiger partial charge in [0.25, 0.3) is 0 Å². The monoisotopic (exact) mass is 444 g/mol. The van der Waals surface area contributed by atoms with E-state index in [1.54, 1.807) is 6.92 Å². The molecule has 0 spiro atoms. The number of hydrogen-bond donors (Lipinski definition) is 0. The lowest BCUT2D eigenvalue weighted by Crippen LogP contribution is -2.39. The Labute approximate surface area is 195 Å². The summed E-state index contributed by atoms with van der Waals surface area (Å²) in [5.41, 5.74) is 1.46. The van der Waals surface area contributed by atoms with Crippen molar-refractivity contribution in [1.82, 2.24) is 9.97 Å². The standard InChI is InChI=1S/C22H40N.C4H4N3O2/c1-4-5-6-7-8-9-10-11-12-13-17-20-23(2,3)21-22-18-15-14-16-19-22;1-3-5-2-4(6-3)7(8)9/h14-16,18-19H,4-13,17,20-21H2,1-3H3;2H,1H3/q+1;-1. The first-order valence-corrected chi connectivity index (χ1v) is 12.3. The molecule has 0 atom stereocenters. The molecule has 0 fully saturated rings. The largest absolute Gasteiger partial charge is 0.443 e. The fourth-order valence-electron chi connectivity index (χ4n) is 3.82. The van der Waals surface area contributed by atoms with Crippen LogP contribution in [0.1, 0.15) is 88.9 Å². The fraction of sp³-hybridized carbons (Fsp3) is 0.654. The first-order chi connectivity index (χ1) is 15.3. The van der Waals surface area contributed by atoms with E-state index < -0.39 is 4.92 Å². The predicted molar refractivity (Wildman–Crippen MR) is 133 cm³/mol. The summed E-state index contributed by atoms with van der Waals surface area (Å²) in [5.74, 6) is 0.245. The lowest BCUT2D eigenvalue weighted by molar-refractivity contribution is -0.903. The molecule has 1 heterocycles. The second kappa shape index (κ2) is 16.4. The molecule has 0 saturated heterocycles. The molecule has 6 heteroatoms. The Kier molecular flexibility index (Phi) is 14.3. The van der Waals surface area contributed by atoms with Gasteiger partial charge < -0.3 is 24.6 Å². The molecule has 0 bridgehead atoms. The SMILES string of the molecule is CCCCCCCCCCCCC[N+](C)(C)Cc1ccccc1.Cc1nc([N+](=O)[O-])c[n-]1. The number of benzene rings is 1. The molecule has 0 aliphatic carbocycles. The molecule has 32 heavy (non-hydrogen) atoms. The Bertz CT molecular complexity index is 728. The van der Waals surface area contributed by atoms with Crippen molar-refractivity contribution in [3.8, 4) is 0 Å². The van der Waals surface area contributed by atoms with Gasteiger partial charge in [-0.15, -0.1) is 0 Å². The van der Waals surface area contributed by atoms with E-state index in [9.17, 15) is 10.1 Å². The molecule has 0 radical (unpaired) electrons. The van der Waals surface area contributed by atoms with Crippen LogP contribution in [-0.4, -0.2) is 35.0 Å². The highest BCUT2D eigenvalue weighted by molar-refractivity contribution is 5.14. The minimum Gasteiger partial charge on any atom is -0.443 e. The molecule has 1 aromatic heterocycles. The van der Waals surface area contributed by atoms with Crippen LogP contribution in [0.25, 0.3) is 0 Å². The number of aryl methyl sites for hydroxylation is 1. The Morgan fingerprint density at radius 2 is 1.44 bits per heavy atom. The third-order valence-electron chi connectivity index (χ3n) is 5.65. The van der Waals surface area contributed by atoms with Crippen molar-refractivity contribution in [3.05, 3.63) is 58.0 Å². The molecular formula is C26H44N4O2. The van der Waals surface area contributed by atoms with Crippen LogP contribution in [0.5, 0.6) is 0 Å². The number of nitrogens with zero attached hydrogens (tertiary/aromatic N) is 4. The zero-order chi connectivity index (χ0) is 23.7. The summed E-state index contributed by atoms with van der Waals surface area (Å²) in [6, 6.07) is 10.9. The van der Waals surface area contributed by atoms with Crippen LogP contribution in [0.4, 0.5) is 5.82 Å². The van der Waals surface area contributed by atoms with Gasteiger partial charge in [-0.1, -0.05) is 106 Å². The molecule has 180 valence electrons. The second-order valence-corrected chi connectivity index (χ2v) is 9.37. The molecule has 0 amide bonds. The lowest BCUT2D eigenvalue weighted by atomic mass is 10.1. The van der Waals surface area contributed by atoms with Crippen molar-refractivity contribution in [3.63, 3.8) is 0 Å². The van der Waals surface area contributed by atoms with Gasteiger partial charge >= 0.3 is 0 Å². The van der Waals surface area contributed by atoms with Gasteiger partial charge in [0.1, 0.15) is 6.54 Å². The zero-order valence-electron chi connectivity index (χ0n) is 20.8. The lowest BCUT2D eigenvalue weighted by Gasteiger charge is -2.30. The van der Waals surface area contributed by atoms with Crippen LogP contribution in [0.2, 0.25) is 0 Å². The van der Waals surface area contributed by atoms with Crippen molar-refractivity contribution in [2.75, 3.05) is 20.6 Å². The maximum atomic E-state index is 9.92. The summed E-state index contributed by atoms with van der Waals surface area (Å²) in [5, 5.41) is 9.92. The van der Waals surface area contributed by atoms with Gasteiger partial charge in [0.15, 0.2) is 5.82 Å². The Morgan fingerprint density at radius 3 is 1.88 bits per heavy atom. The van der Waals surface area contributed by atoms with E-state index in [1.807, 2.05) is 0 Å². The Morgan fingerprint density at radius 1 is 0.906 bits per heavy atom. The maximum Gasteiger partial charge on any atom is 0.159 e. The Balaban J connectivity index is 0.000000471. The third kappa shape index (κ3) is 14.0. The smallest absolute Gasteiger partial charge is 0.159 e. The van der Waals surface area contributed by atoms with Crippen LogP contribution < -0.4 is 4.98 Å². The summed E-state index contributed by atoms with van der Waals surface area (Å²) in [4.78, 5) is 16.4. The van der Waals surface area contributed by atoms with E-state index >= 15 is 0 Å². The normalized spacial score (nSPS) is 11.1. The molecule has 0 unspecified atom stereocenters. The van der Waals surface area contributed by atoms with Gasteiger partial charge in [-0.05, 0) is 26.0 Å². The van der Waals surface area contributed by atoms with Crippen molar-refractivity contribution >= 4 is 5.82 Å². The summed E-state index contributed by atoms with van der Waals surface area (Å²) in [6.45, 7) is 6.34. The molecule has 2 aromatic rings. The molecule has 1 aromatic carbocycles. The average molecular weight is 445 g/mol. The highest BCUT2D eigenvalue weighted by Gasteiger charge is 2.14. The van der Waals surface area contributed by atoms with Crippen molar-refractivity contribution in [2.24, 2.45) is 0 Å². The van der Waals surface area contributed by atoms with Crippen molar-refractivity contribution in [1.29, 1.82) is 0 Å². The number of aromatic nitrogens is 2. The van der Waals surface area contributed by atoms with Gasteiger partial charge in [-0.25, -0.2) is 0 Å². The molecule has 2 rings (SSSR count). The van der Waals surface area contributed by atoms with E-state index in [1.165, 1.54) is 82.7 Å². The molecule has 0 N–H and O–H groups in total. The van der Waals surface area contributed by atoms with Gasteiger partial charge in [0.05, 0.1) is 20.6 Å². The van der Waals surface area contributed by atoms with Gasteiger partial charge in [-0.2, -0.15) is 0 Å². The highest BCUT2D eigenvalue weighted by atomic mass is 16.6. The average Bonchev–Trinajstić information content (AvgIpc) is 3.20. The van der Waals surface area contributed by atoms with Gasteiger partial charge in [0, 0.05) is 5.56 Å². The molecule has 0 aliphatic rings. The van der Waals surface area contributed by atoms with Crippen molar-refractivity contribution in [2.45, 2.75) is 91.0 Å². The first-order valence-electron chi connectivity index (χ1n) is 12.3. The van der Waals surface area contributed by atoms with Crippen LogP contribution in [0.3, 0.4) is 0 Å². The molecular weight excluding hydrogens is 400 g/mol. The maximum absolute atomic E-state index is 9.92. The molecule has 0 aliphatic heterocycles. The highest BCUT2D eigenvalue weighted by Crippen LogP contribution is 2.14. The third-order valence-corrected chi connectivity index (χ3v) is 5.65. The summed E-state index contributed by atoms with van der Waals surface area (Å²) in [7, 11) is 4.73. The minimum absolute atomic E-state index is 0.187. The number of rotatable bonds is 15. The fourth-order valence-corrected chi connectivity index (χ4v) is 3.82. The topological polar surface area (TPSA) is 70.1 Å². The summed E-state index contributed by atoms with van der Waals surface area (Å²) < 4.78 is 1.11. The summed E-state index contributed by atoms with van der Waals surface area (Å²) in [6.07, 6.45) is 16.9. The van der Waals surface area contributed by atoms with E-state index in [0.29, 0.717) is 5.82 Å². The van der Waals surface area contributed by atoms with E-state index in [2.05, 4.69) is 61.3 Å².